The van der Waals surface area contributed by atoms with E-state index >= 15 is 0 Å². The van der Waals surface area contributed by atoms with Crippen molar-refractivity contribution < 1.29 is 18.9 Å². The van der Waals surface area contributed by atoms with Crippen LogP contribution >= 0.6 is 7.82 Å². The van der Waals surface area contributed by atoms with Crippen molar-refractivity contribution in [2.75, 3.05) is 0 Å². The summed E-state index contributed by atoms with van der Waals surface area (Å²) in [5.74, 6) is 0. The maximum absolute atomic E-state index is 10.2. The SMILES string of the molecule is C[C@H](N)[C@@H](C)OP(=O)(O)O. The fourth-order valence-corrected chi connectivity index (χ4v) is 0.938. The molecule has 2 atom stereocenters. The van der Waals surface area contributed by atoms with E-state index in [0.717, 1.165) is 0 Å². The van der Waals surface area contributed by atoms with Gasteiger partial charge in [0.15, 0.2) is 0 Å². The zero-order valence-corrected chi connectivity index (χ0v) is 6.78. The first kappa shape index (κ1) is 10.1. The van der Waals surface area contributed by atoms with E-state index < -0.39 is 13.9 Å². The molecule has 0 heterocycles. The molecule has 0 aliphatic heterocycles. The smallest absolute Gasteiger partial charge is 0.326 e. The number of rotatable bonds is 3. The largest absolute Gasteiger partial charge is 0.469 e. The molecule has 0 bridgehead atoms. The minimum Gasteiger partial charge on any atom is -0.326 e. The topological polar surface area (TPSA) is 92.8 Å². The lowest BCUT2D eigenvalue weighted by atomic mass is 10.2. The van der Waals surface area contributed by atoms with Gasteiger partial charge in [0.05, 0.1) is 6.10 Å². The van der Waals surface area contributed by atoms with Crippen LogP contribution < -0.4 is 5.73 Å². The predicted octanol–water partition coefficient (Wildman–Crippen LogP) is -0.169. The van der Waals surface area contributed by atoms with E-state index in [4.69, 9.17) is 15.5 Å². The lowest BCUT2D eigenvalue weighted by molar-refractivity contribution is 0.130. The molecule has 0 aromatic rings. The van der Waals surface area contributed by atoms with Crippen LogP contribution in [0.15, 0.2) is 0 Å². The van der Waals surface area contributed by atoms with Crippen molar-refractivity contribution in [3.8, 4) is 0 Å². The predicted molar refractivity (Wildman–Crippen MR) is 36.2 cm³/mol. The van der Waals surface area contributed by atoms with E-state index in [-0.39, 0.29) is 6.04 Å². The van der Waals surface area contributed by atoms with Gasteiger partial charge in [-0.25, -0.2) is 4.57 Å². The first-order valence-electron chi connectivity index (χ1n) is 2.82. The van der Waals surface area contributed by atoms with Crippen LogP contribution in [0.1, 0.15) is 13.8 Å². The number of nitrogens with two attached hydrogens (primary N) is 1. The van der Waals surface area contributed by atoms with Crippen LogP contribution in [0.4, 0.5) is 0 Å². The molecule has 5 nitrogen and oxygen atoms in total. The Morgan fingerprint density at radius 2 is 1.90 bits per heavy atom. The van der Waals surface area contributed by atoms with Gasteiger partial charge < -0.3 is 15.5 Å². The molecular weight excluding hydrogens is 157 g/mol. The van der Waals surface area contributed by atoms with E-state index in [1.807, 2.05) is 0 Å². The van der Waals surface area contributed by atoms with Crippen molar-refractivity contribution in [3.63, 3.8) is 0 Å². The first-order valence-corrected chi connectivity index (χ1v) is 4.35. The lowest BCUT2D eigenvalue weighted by Crippen LogP contribution is -2.30. The maximum Gasteiger partial charge on any atom is 0.469 e. The number of hydrogen-bond acceptors (Lipinski definition) is 3. The van der Waals surface area contributed by atoms with Crippen molar-refractivity contribution in [2.45, 2.75) is 26.0 Å². The van der Waals surface area contributed by atoms with Crippen LogP contribution in [0.5, 0.6) is 0 Å². The molecule has 6 heteroatoms. The van der Waals surface area contributed by atoms with E-state index in [2.05, 4.69) is 4.52 Å². The third kappa shape index (κ3) is 4.90. The van der Waals surface area contributed by atoms with Crippen molar-refractivity contribution in [1.82, 2.24) is 0 Å². The van der Waals surface area contributed by atoms with Gasteiger partial charge in [-0.3, -0.25) is 4.52 Å². The van der Waals surface area contributed by atoms with Crippen LogP contribution in [0.2, 0.25) is 0 Å². The highest BCUT2D eigenvalue weighted by Gasteiger charge is 2.20. The van der Waals surface area contributed by atoms with Crippen LogP contribution in [0.25, 0.3) is 0 Å². The van der Waals surface area contributed by atoms with Gasteiger partial charge in [0.2, 0.25) is 0 Å². The number of phosphoric acid groups is 1. The fourth-order valence-electron chi connectivity index (χ4n) is 0.313. The molecule has 0 aromatic carbocycles. The Morgan fingerprint density at radius 1 is 1.50 bits per heavy atom. The summed E-state index contributed by atoms with van der Waals surface area (Å²) in [6.45, 7) is 3.12. The van der Waals surface area contributed by atoms with Crippen molar-refractivity contribution in [1.29, 1.82) is 0 Å². The molecule has 0 aliphatic rings. The molecule has 4 N–H and O–H groups in total. The Morgan fingerprint density at radius 3 is 2.00 bits per heavy atom. The minimum atomic E-state index is -4.36. The second-order valence-electron chi connectivity index (χ2n) is 2.16. The molecule has 62 valence electrons. The summed E-state index contributed by atoms with van der Waals surface area (Å²) in [5.41, 5.74) is 5.27. The Labute approximate surface area is 59.4 Å². The molecule has 0 unspecified atom stereocenters. The van der Waals surface area contributed by atoms with Gasteiger partial charge in [-0.05, 0) is 13.8 Å². The molecule has 0 rings (SSSR count). The normalized spacial score (nSPS) is 18.5. The Bertz CT molecular complexity index is 142. The second kappa shape index (κ2) is 3.46. The van der Waals surface area contributed by atoms with Crippen LogP contribution in [0.3, 0.4) is 0 Å². The molecular formula is C4H12NO4P. The van der Waals surface area contributed by atoms with Crippen LogP contribution in [-0.4, -0.2) is 21.9 Å². The van der Waals surface area contributed by atoms with Gasteiger partial charge in [0, 0.05) is 6.04 Å². The summed E-state index contributed by atoms with van der Waals surface area (Å²) in [6, 6.07) is -0.382. The molecule has 0 radical (unpaired) electrons. The van der Waals surface area contributed by atoms with E-state index in [9.17, 15) is 4.57 Å². The van der Waals surface area contributed by atoms with Gasteiger partial charge in [-0.1, -0.05) is 0 Å². The average Bonchev–Trinajstić information content (AvgIpc) is 1.60. The Balaban J connectivity index is 3.80. The molecule has 10 heavy (non-hydrogen) atoms. The van der Waals surface area contributed by atoms with Gasteiger partial charge in [0.25, 0.3) is 0 Å². The minimum absolute atomic E-state index is 0.382. The molecule has 0 fully saturated rings. The summed E-state index contributed by atoms with van der Waals surface area (Å²) in [6.07, 6.45) is -0.624. The Hall–Kier alpha value is 0.0700. The summed E-state index contributed by atoms with van der Waals surface area (Å²) < 4.78 is 14.4. The average molecular weight is 169 g/mol. The van der Waals surface area contributed by atoms with E-state index in [1.54, 1.807) is 6.92 Å². The standard InChI is InChI=1S/C4H12NO4P/c1-3(5)4(2)9-10(6,7)8/h3-4H,5H2,1-2H3,(H2,6,7,8)/t3-,4+/m0/s1. The van der Waals surface area contributed by atoms with Gasteiger partial charge in [0.1, 0.15) is 0 Å². The lowest BCUT2D eigenvalue weighted by Gasteiger charge is -2.16. The van der Waals surface area contributed by atoms with Gasteiger partial charge in [-0.2, -0.15) is 0 Å². The zero-order chi connectivity index (χ0) is 8.36. The molecule has 0 spiro atoms. The van der Waals surface area contributed by atoms with E-state index in [0.29, 0.717) is 0 Å². The number of phosphoric ester groups is 1. The van der Waals surface area contributed by atoms with Crippen LogP contribution in [-0.2, 0) is 9.09 Å². The Kier molecular flexibility index (Phi) is 3.48. The second-order valence-corrected chi connectivity index (χ2v) is 3.35. The third-order valence-corrected chi connectivity index (χ3v) is 1.65. The highest BCUT2D eigenvalue weighted by atomic mass is 31.2. The number of hydrogen-bond donors (Lipinski definition) is 3. The molecule has 0 amide bonds. The highest BCUT2D eigenvalue weighted by molar-refractivity contribution is 7.46. The molecule has 0 aromatic heterocycles. The fraction of sp³-hybridized carbons (Fsp3) is 1.00. The monoisotopic (exact) mass is 169 g/mol. The van der Waals surface area contributed by atoms with Gasteiger partial charge >= 0.3 is 7.82 Å². The molecule has 0 saturated carbocycles. The molecule has 0 aliphatic carbocycles. The van der Waals surface area contributed by atoms with E-state index in [1.165, 1.54) is 6.92 Å². The summed E-state index contributed by atoms with van der Waals surface area (Å²) in [5, 5.41) is 0. The highest BCUT2D eigenvalue weighted by Crippen LogP contribution is 2.37. The first-order chi connectivity index (χ1) is 4.33. The molecule has 0 saturated heterocycles. The zero-order valence-electron chi connectivity index (χ0n) is 5.89. The van der Waals surface area contributed by atoms with Crippen molar-refractivity contribution >= 4 is 7.82 Å². The van der Waals surface area contributed by atoms with Crippen LogP contribution in [0, 0.1) is 0 Å². The quantitative estimate of drug-likeness (QED) is 0.510. The summed E-state index contributed by atoms with van der Waals surface area (Å²) >= 11 is 0. The van der Waals surface area contributed by atoms with Gasteiger partial charge in [-0.15, -0.1) is 0 Å². The third-order valence-electron chi connectivity index (χ3n) is 1.04. The van der Waals surface area contributed by atoms with Crippen molar-refractivity contribution in [2.24, 2.45) is 5.73 Å². The summed E-state index contributed by atoms with van der Waals surface area (Å²) in [4.78, 5) is 16.5. The summed E-state index contributed by atoms with van der Waals surface area (Å²) in [7, 11) is -4.36. The van der Waals surface area contributed by atoms with Crippen molar-refractivity contribution in [3.05, 3.63) is 0 Å². The maximum atomic E-state index is 10.2.